The predicted octanol–water partition coefficient (Wildman–Crippen LogP) is 1.89. The highest BCUT2D eigenvalue weighted by Crippen LogP contribution is 2.50. The molecule has 4 heteroatoms. The van der Waals surface area contributed by atoms with Crippen molar-refractivity contribution in [2.75, 3.05) is 6.61 Å². The van der Waals surface area contributed by atoms with E-state index in [1.54, 1.807) is 6.92 Å². The summed E-state index contributed by atoms with van der Waals surface area (Å²) < 4.78 is 10.1. The van der Waals surface area contributed by atoms with Crippen LogP contribution >= 0.6 is 0 Å². The molecule has 0 aliphatic carbocycles. The SMILES string of the molecule is CCOC(=O)[C@]1(C#N)O[C@H]1c1ccc(C)cc1. The van der Waals surface area contributed by atoms with E-state index in [1.807, 2.05) is 37.3 Å². The highest BCUT2D eigenvalue weighted by atomic mass is 16.7. The molecule has 2 atom stereocenters. The van der Waals surface area contributed by atoms with Crippen LogP contribution in [0.25, 0.3) is 0 Å². The van der Waals surface area contributed by atoms with Crippen LogP contribution in [0.5, 0.6) is 0 Å². The Bertz CT molecular complexity index is 474. The van der Waals surface area contributed by atoms with Crippen molar-refractivity contribution in [1.29, 1.82) is 5.26 Å². The van der Waals surface area contributed by atoms with Crippen LogP contribution in [-0.4, -0.2) is 18.2 Å². The fourth-order valence-corrected chi connectivity index (χ4v) is 1.72. The molecule has 0 bridgehead atoms. The molecule has 17 heavy (non-hydrogen) atoms. The number of carbonyl (C=O) groups is 1. The van der Waals surface area contributed by atoms with Crippen LogP contribution in [0.1, 0.15) is 24.2 Å². The van der Waals surface area contributed by atoms with E-state index in [-0.39, 0.29) is 6.61 Å². The van der Waals surface area contributed by atoms with E-state index >= 15 is 0 Å². The molecule has 0 spiro atoms. The highest BCUT2D eigenvalue weighted by Gasteiger charge is 2.66. The number of aryl methyl sites for hydroxylation is 1. The second-order valence-corrected chi connectivity index (χ2v) is 3.98. The van der Waals surface area contributed by atoms with E-state index in [1.165, 1.54) is 0 Å². The number of nitrogens with zero attached hydrogens (tertiary/aromatic N) is 1. The van der Waals surface area contributed by atoms with Gasteiger partial charge < -0.3 is 9.47 Å². The third-order valence-electron chi connectivity index (χ3n) is 2.74. The van der Waals surface area contributed by atoms with Gasteiger partial charge in [-0.25, -0.2) is 4.79 Å². The summed E-state index contributed by atoms with van der Waals surface area (Å²) in [5.41, 5.74) is 0.504. The monoisotopic (exact) mass is 231 g/mol. The minimum atomic E-state index is -1.44. The maximum Gasteiger partial charge on any atom is 0.356 e. The molecule has 1 fully saturated rings. The van der Waals surface area contributed by atoms with Crippen LogP contribution < -0.4 is 0 Å². The molecule has 0 amide bonds. The highest BCUT2D eigenvalue weighted by molar-refractivity contribution is 5.87. The van der Waals surface area contributed by atoms with Crippen molar-refractivity contribution in [3.63, 3.8) is 0 Å². The number of hydrogen-bond acceptors (Lipinski definition) is 4. The molecule has 2 rings (SSSR count). The number of benzene rings is 1. The predicted molar refractivity (Wildman–Crippen MR) is 60.0 cm³/mol. The Morgan fingerprint density at radius 3 is 2.71 bits per heavy atom. The molecule has 1 saturated heterocycles. The maximum absolute atomic E-state index is 11.6. The first-order valence-corrected chi connectivity index (χ1v) is 5.47. The van der Waals surface area contributed by atoms with Gasteiger partial charge in [0.05, 0.1) is 6.61 Å². The average Bonchev–Trinajstić information content (AvgIpc) is 3.06. The number of nitriles is 1. The quantitative estimate of drug-likeness (QED) is 0.588. The number of hydrogen-bond donors (Lipinski definition) is 0. The van der Waals surface area contributed by atoms with E-state index in [9.17, 15) is 4.79 Å². The lowest BCUT2D eigenvalue weighted by molar-refractivity contribution is -0.147. The standard InChI is InChI=1S/C13H13NO3/c1-3-16-12(15)13(8-14)11(17-13)10-6-4-9(2)5-7-10/h4-7,11H,3H2,1-2H3/t11-,13+/m0/s1. The van der Waals surface area contributed by atoms with Crippen molar-refractivity contribution in [3.05, 3.63) is 35.4 Å². The molecule has 88 valence electrons. The van der Waals surface area contributed by atoms with Crippen LogP contribution in [0.3, 0.4) is 0 Å². The summed E-state index contributed by atoms with van der Waals surface area (Å²) in [5, 5.41) is 9.06. The Hall–Kier alpha value is -1.86. The van der Waals surface area contributed by atoms with Crippen LogP contribution in [0.4, 0.5) is 0 Å². The largest absolute Gasteiger partial charge is 0.463 e. The maximum atomic E-state index is 11.6. The lowest BCUT2D eigenvalue weighted by Gasteiger charge is -2.03. The van der Waals surface area contributed by atoms with Gasteiger partial charge in [0.1, 0.15) is 12.2 Å². The Balaban J connectivity index is 2.19. The van der Waals surface area contributed by atoms with Crippen LogP contribution in [0.15, 0.2) is 24.3 Å². The Kier molecular flexibility index (Phi) is 2.86. The van der Waals surface area contributed by atoms with Gasteiger partial charge in [-0.2, -0.15) is 5.26 Å². The molecule has 0 aromatic heterocycles. The smallest absolute Gasteiger partial charge is 0.356 e. The van der Waals surface area contributed by atoms with Gasteiger partial charge in [0, 0.05) is 0 Å². The van der Waals surface area contributed by atoms with Gasteiger partial charge in [-0.1, -0.05) is 29.8 Å². The lowest BCUT2D eigenvalue weighted by Crippen LogP contribution is -2.26. The summed E-state index contributed by atoms with van der Waals surface area (Å²) in [6.07, 6.45) is -0.507. The molecule has 1 aromatic carbocycles. The van der Waals surface area contributed by atoms with Crippen molar-refractivity contribution in [3.8, 4) is 6.07 Å². The molecule has 0 radical (unpaired) electrons. The van der Waals surface area contributed by atoms with Crippen molar-refractivity contribution in [1.82, 2.24) is 0 Å². The van der Waals surface area contributed by atoms with E-state index < -0.39 is 17.7 Å². The minimum absolute atomic E-state index is 0.242. The molecular formula is C13H13NO3. The average molecular weight is 231 g/mol. The van der Waals surface area contributed by atoms with Gasteiger partial charge >= 0.3 is 5.97 Å². The van der Waals surface area contributed by atoms with E-state index in [2.05, 4.69) is 0 Å². The number of esters is 1. The lowest BCUT2D eigenvalue weighted by atomic mass is 10.00. The first kappa shape index (κ1) is 11.6. The van der Waals surface area contributed by atoms with Crippen molar-refractivity contribution >= 4 is 5.97 Å². The Labute approximate surface area is 99.8 Å². The van der Waals surface area contributed by atoms with Crippen molar-refractivity contribution < 1.29 is 14.3 Å². The van der Waals surface area contributed by atoms with Gasteiger partial charge in [0.25, 0.3) is 5.60 Å². The van der Waals surface area contributed by atoms with Crippen LogP contribution in [0.2, 0.25) is 0 Å². The molecule has 1 heterocycles. The summed E-state index contributed by atoms with van der Waals surface area (Å²) in [6, 6.07) is 9.46. The molecule has 4 nitrogen and oxygen atoms in total. The van der Waals surface area contributed by atoms with Crippen molar-refractivity contribution in [2.24, 2.45) is 0 Å². The van der Waals surface area contributed by atoms with E-state index in [0.29, 0.717) is 0 Å². The Morgan fingerprint density at radius 1 is 1.53 bits per heavy atom. The molecule has 1 aliphatic rings. The molecule has 0 N–H and O–H groups in total. The number of epoxide rings is 1. The fraction of sp³-hybridized carbons (Fsp3) is 0.385. The molecule has 1 aliphatic heterocycles. The summed E-state index contributed by atoms with van der Waals surface area (Å²) >= 11 is 0. The van der Waals surface area contributed by atoms with Crippen LogP contribution in [-0.2, 0) is 14.3 Å². The van der Waals surface area contributed by atoms with Gasteiger partial charge in [-0.15, -0.1) is 0 Å². The number of ether oxygens (including phenoxy) is 2. The number of carbonyl (C=O) groups excluding carboxylic acids is 1. The van der Waals surface area contributed by atoms with Crippen LogP contribution in [0, 0.1) is 18.3 Å². The molecule has 0 unspecified atom stereocenters. The molecular weight excluding hydrogens is 218 g/mol. The Morgan fingerprint density at radius 2 is 2.18 bits per heavy atom. The number of rotatable bonds is 3. The van der Waals surface area contributed by atoms with Gasteiger partial charge in [-0.05, 0) is 19.4 Å². The third-order valence-corrected chi connectivity index (χ3v) is 2.74. The third kappa shape index (κ3) is 1.90. The first-order chi connectivity index (χ1) is 8.14. The van der Waals surface area contributed by atoms with Gasteiger partial charge in [0.15, 0.2) is 0 Å². The van der Waals surface area contributed by atoms with Gasteiger partial charge in [-0.3, -0.25) is 0 Å². The zero-order valence-corrected chi connectivity index (χ0v) is 9.77. The zero-order valence-electron chi connectivity index (χ0n) is 9.77. The van der Waals surface area contributed by atoms with Gasteiger partial charge in [0.2, 0.25) is 0 Å². The molecule has 1 aromatic rings. The van der Waals surface area contributed by atoms with E-state index in [4.69, 9.17) is 14.7 Å². The van der Waals surface area contributed by atoms with E-state index in [0.717, 1.165) is 11.1 Å². The summed E-state index contributed by atoms with van der Waals surface area (Å²) in [7, 11) is 0. The summed E-state index contributed by atoms with van der Waals surface area (Å²) in [6.45, 7) is 3.92. The summed E-state index contributed by atoms with van der Waals surface area (Å²) in [5.74, 6) is -0.604. The minimum Gasteiger partial charge on any atom is -0.463 e. The summed E-state index contributed by atoms with van der Waals surface area (Å²) in [4.78, 5) is 11.6. The zero-order chi connectivity index (χ0) is 12.5. The topological polar surface area (TPSA) is 62.6 Å². The van der Waals surface area contributed by atoms with Crippen molar-refractivity contribution in [2.45, 2.75) is 25.6 Å². The second kappa shape index (κ2) is 4.19. The fourth-order valence-electron chi connectivity index (χ4n) is 1.72. The second-order valence-electron chi connectivity index (χ2n) is 3.98. The first-order valence-electron chi connectivity index (χ1n) is 5.47. The normalized spacial score (nSPS) is 26.1. The molecule has 0 saturated carbocycles.